The van der Waals surface area contributed by atoms with Crippen molar-refractivity contribution in [2.24, 2.45) is 17.8 Å². The fraction of sp³-hybridized carbons (Fsp3) is 0.400. The number of carboxylic acid groups (broad SMARTS) is 1. The Morgan fingerprint density at radius 1 is 1.29 bits per heavy atom. The molecule has 0 bridgehead atoms. The molecule has 1 aromatic rings. The zero-order valence-corrected chi connectivity index (χ0v) is 10.3. The van der Waals surface area contributed by atoms with Crippen LogP contribution in [-0.2, 0) is 4.79 Å². The summed E-state index contributed by atoms with van der Waals surface area (Å²) in [5, 5.41) is 8.99. The highest BCUT2D eigenvalue weighted by atomic mass is 16.4. The predicted molar refractivity (Wildman–Crippen MR) is 68.5 cm³/mol. The third kappa shape index (κ3) is 2.76. The van der Waals surface area contributed by atoms with Gasteiger partial charge in [-0.3, -0.25) is 4.79 Å². The van der Waals surface area contributed by atoms with Gasteiger partial charge in [0.05, 0.1) is 5.92 Å². The maximum Gasteiger partial charge on any atom is 0.307 e. The van der Waals surface area contributed by atoms with E-state index in [1.807, 2.05) is 18.2 Å². The lowest BCUT2D eigenvalue weighted by molar-refractivity contribution is -0.138. The Kier molecular flexibility index (Phi) is 3.32. The Labute approximate surface area is 102 Å². The van der Waals surface area contributed by atoms with Crippen LogP contribution in [-0.4, -0.2) is 11.1 Å². The van der Waals surface area contributed by atoms with Crippen LogP contribution < -0.4 is 0 Å². The molecule has 1 aliphatic carbocycles. The van der Waals surface area contributed by atoms with E-state index in [-0.39, 0.29) is 11.8 Å². The van der Waals surface area contributed by atoms with Crippen molar-refractivity contribution < 1.29 is 9.90 Å². The number of hydrogen-bond acceptors (Lipinski definition) is 1. The molecular formula is C15H18O2. The highest BCUT2D eigenvalue weighted by Gasteiger charge is 2.45. The van der Waals surface area contributed by atoms with Crippen molar-refractivity contribution in [1.29, 1.82) is 0 Å². The van der Waals surface area contributed by atoms with Gasteiger partial charge < -0.3 is 5.11 Å². The molecule has 2 atom stereocenters. The number of rotatable bonds is 4. The number of benzene rings is 1. The molecule has 1 fully saturated rings. The minimum atomic E-state index is -0.658. The topological polar surface area (TPSA) is 37.3 Å². The predicted octanol–water partition coefficient (Wildman–Crippen LogP) is 3.45. The van der Waals surface area contributed by atoms with Crippen LogP contribution in [0.15, 0.2) is 35.9 Å². The van der Waals surface area contributed by atoms with E-state index in [1.165, 1.54) is 5.57 Å². The first-order valence-electron chi connectivity index (χ1n) is 6.09. The van der Waals surface area contributed by atoms with Crippen LogP contribution in [0, 0.1) is 17.8 Å². The molecule has 1 aliphatic rings. The third-order valence-corrected chi connectivity index (χ3v) is 3.34. The molecule has 0 aromatic heterocycles. The van der Waals surface area contributed by atoms with Crippen LogP contribution in [0.5, 0.6) is 0 Å². The van der Waals surface area contributed by atoms with E-state index >= 15 is 0 Å². The molecule has 1 saturated carbocycles. The first kappa shape index (κ1) is 11.9. The molecule has 1 N–H and O–H groups in total. The summed E-state index contributed by atoms with van der Waals surface area (Å²) < 4.78 is 0. The summed E-state index contributed by atoms with van der Waals surface area (Å²) in [6, 6.07) is 10.1. The molecule has 1 aromatic carbocycles. The lowest BCUT2D eigenvalue weighted by Crippen LogP contribution is -2.04. The number of carbonyl (C=O) groups is 1. The number of hydrogen-bond donors (Lipinski definition) is 1. The van der Waals surface area contributed by atoms with Gasteiger partial charge in [0.1, 0.15) is 0 Å². The van der Waals surface area contributed by atoms with E-state index < -0.39 is 5.97 Å². The van der Waals surface area contributed by atoms with Crippen molar-refractivity contribution >= 4 is 12.0 Å². The average molecular weight is 230 g/mol. The highest BCUT2D eigenvalue weighted by molar-refractivity contribution is 5.75. The second-order valence-electron chi connectivity index (χ2n) is 5.00. The molecule has 0 saturated heterocycles. The number of aliphatic carboxylic acids is 1. The molecule has 0 spiro atoms. The van der Waals surface area contributed by atoms with Gasteiger partial charge in [0.2, 0.25) is 0 Å². The number of carboxylic acids is 1. The lowest BCUT2D eigenvalue weighted by Gasteiger charge is -2.11. The van der Waals surface area contributed by atoms with E-state index in [0.29, 0.717) is 5.92 Å². The van der Waals surface area contributed by atoms with Crippen molar-refractivity contribution in [3.63, 3.8) is 0 Å². The first-order valence-corrected chi connectivity index (χ1v) is 6.09. The van der Waals surface area contributed by atoms with Gasteiger partial charge in [-0.15, -0.1) is 0 Å². The Hall–Kier alpha value is -1.57. The van der Waals surface area contributed by atoms with Crippen LogP contribution in [0.4, 0.5) is 0 Å². The van der Waals surface area contributed by atoms with E-state index in [1.54, 1.807) is 0 Å². The van der Waals surface area contributed by atoms with Gasteiger partial charge in [0.15, 0.2) is 0 Å². The lowest BCUT2D eigenvalue weighted by atomic mass is 9.95. The zero-order chi connectivity index (χ0) is 12.4. The molecule has 2 nitrogen and oxygen atoms in total. The number of allylic oxidation sites excluding steroid dienone is 1. The Morgan fingerprint density at radius 3 is 2.41 bits per heavy atom. The summed E-state index contributed by atoms with van der Waals surface area (Å²) in [7, 11) is 0. The van der Waals surface area contributed by atoms with Gasteiger partial charge in [0, 0.05) is 0 Å². The summed E-state index contributed by atoms with van der Waals surface area (Å²) >= 11 is 0. The van der Waals surface area contributed by atoms with Crippen molar-refractivity contribution in [1.82, 2.24) is 0 Å². The second kappa shape index (κ2) is 4.74. The SMILES string of the molecule is CC(C)C(=Cc1ccccc1)C1CC1C(=O)O. The molecule has 0 aliphatic heterocycles. The zero-order valence-electron chi connectivity index (χ0n) is 10.3. The summed E-state index contributed by atoms with van der Waals surface area (Å²) in [5.74, 6) is -0.167. The van der Waals surface area contributed by atoms with Crippen molar-refractivity contribution in [3.05, 3.63) is 41.5 Å². The van der Waals surface area contributed by atoms with Crippen molar-refractivity contribution in [2.45, 2.75) is 20.3 Å². The van der Waals surface area contributed by atoms with Crippen molar-refractivity contribution in [3.8, 4) is 0 Å². The highest BCUT2D eigenvalue weighted by Crippen LogP contribution is 2.47. The van der Waals surface area contributed by atoms with Gasteiger partial charge in [0.25, 0.3) is 0 Å². The van der Waals surface area contributed by atoms with E-state index in [2.05, 4.69) is 32.1 Å². The first-order chi connectivity index (χ1) is 8.09. The maximum atomic E-state index is 10.9. The largest absolute Gasteiger partial charge is 0.481 e. The molecule has 2 rings (SSSR count). The molecular weight excluding hydrogens is 212 g/mol. The quantitative estimate of drug-likeness (QED) is 0.860. The molecule has 0 radical (unpaired) electrons. The summed E-state index contributed by atoms with van der Waals surface area (Å²) in [6.07, 6.45) is 2.95. The van der Waals surface area contributed by atoms with E-state index in [9.17, 15) is 4.79 Å². The third-order valence-electron chi connectivity index (χ3n) is 3.34. The minimum Gasteiger partial charge on any atom is -0.481 e. The van der Waals surface area contributed by atoms with Crippen molar-refractivity contribution in [2.75, 3.05) is 0 Å². The van der Waals surface area contributed by atoms with Gasteiger partial charge in [-0.1, -0.05) is 55.8 Å². The summed E-state index contributed by atoms with van der Waals surface area (Å²) in [6.45, 7) is 4.26. The second-order valence-corrected chi connectivity index (χ2v) is 5.00. The maximum absolute atomic E-state index is 10.9. The van der Waals surface area contributed by atoms with Crippen LogP contribution in [0.2, 0.25) is 0 Å². The Bertz CT molecular complexity index is 431. The average Bonchev–Trinajstić information content (AvgIpc) is 3.07. The van der Waals surface area contributed by atoms with Crippen LogP contribution in [0.1, 0.15) is 25.8 Å². The summed E-state index contributed by atoms with van der Waals surface area (Å²) in [4.78, 5) is 10.9. The Morgan fingerprint density at radius 2 is 1.94 bits per heavy atom. The molecule has 2 heteroatoms. The smallest absolute Gasteiger partial charge is 0.307 e. The minimum absolute atomic E-state index is 0.160. The fourth-order valence-electron chi connectivity index (χ4n) is 2.28. The molecule has 0 heterocycles. The van der Waals surface area contributed by atoms with Gasteiger partial charge in [-0.25, -0.2) is 0 Å². The fourth-order valence-corrected chi connectivity index (χ4v) is 2.28. The Balaban J connectivity index is 2.20. The van der Waals surface area contributed by atoms with Gasteiger partial charge in [-0.05, 0) is 23.8 Å². The van der Waals surface area contributed by atoms with Crippen LogP contribution in [0.3, 0.4) is 0 Å². The monoisotopic (exact) mass is 230 g/mol. The molecule has 17 heavy (non-hydrogen) atoms. The van der Waals surface area contributed by atoms with Gasteiger partial charge >= 0.3 is 5.97 Å². The van der Waals surface area contributed by atoms with Crippen LogP contribution in [0.25, 0.3) is 6.08 Å². The molecule has 90 valence electrons. The van der Waals surface area contributed by atoms with E-state index in [0.717, 1.165) is 12.0 Å². The van der Waals surface area contributed by atoms with Crippen LogP contribution >= 0.6 is 0 Å². The van der Waals surface area contributed by atoms with Gasteiger partial charge in [-0.2, -0.15) is 0 Å². The standard InChI is InChI=1S/C15H18O2/c1-10(2)12(13-9-14(13)15(16)17)8-11-6-4-3-5-7-11/h3-8,10,13-14H,9H2,1-2H3,(H,16,17). The van der Waals surface area contributed by atoms with E-state index in [4.69, 9.17) is 5.11 Å². The normalized spacial score (nSPS) is 23.8. The summed E-state index contributed by atoms with van der Waals surface area (Å²) in [5.41, 5.74) is 2.43. The molecule has 0 amide bonds. The molecule has 2 unspecified atom stereocenters.